The number of anilines is 2. The first-order valence-corrected chi connectivity index (χ1v) is 8.19. The van der Waals surface area contributed by atoms with Gasteiger partial charge in [0.2, 0.25) is 0 Å². The van der Waals surface area contributed by atoms with Crippen molar-refractivity contribution in [2.45, 2.75) is 13.5 Å². The average Bonchev–Trinajstić information content (AvgIpc) is 3.26. The molecular weight excluding hydrogens is 314 g/mol. The van der Waals surface area contributed by atoms with Crippen molar-refractivity contribution in [3.63, 3.8) is 0 Å². The van der Waals surface area contributed by atoms with E-state index in [2.05, 4.69) is 43.8 Å². The number of fused-ring (bicyclic) bond motifs is 1. The number of nitrogens with one attached hydrogen (secondary N) is 1. The van der Waals surface area contributed by atoms with Gasteiger partial charge < -0.3 is 11.1 Å². The Kier molecular flexibility index (Phi) is 3.89. The molecule has 0 saturated carbocycles. The molecule has 0 amide bonds. The maximum atomic E-state index is 6.00. The Labute approximate surface area is 145 Å². The molecule has 25 heavy (non-hydrogen) atoms. The monoisotopic (exact) mass is 333 g/mol. The Morgan fingerprint density at radius 1 is 1.28 bits per heavy atom. The lowest BCUT2D eigenvalue weighted by Crippen LogP contribution is -2.11. The molecule has 3 N–H and O–H groups in total. The molecule has 0 bridgehead atoms. The lowest BCUT2D eigenvalue weighted by molar-refractivity contribution is 0.609. The fraction of sp³-hybridized carbons (Fsp3) is 0.222. The SMILES string of the molecule is Cc1cn(CCNc2cc(N)nc3cc(C4=CC=NC4)ccc23)nn1. The third-order valence-electron chi connectivity index (χ3n) is 4.15. The van der Waals surface area contributed by atoms with Crippen molar-refractivity contribution in [3.8, 4) is 0 Å². The van der Waals surface area contributed by atoms with Gasteiger partial charge in [0.05, 0.1) is 24.3 Å². The number of nitrogens with zero attached hydrogens (tertiary/aromatic N) is 5. The van der Waals surface area contributed by atoms with Gasteiger partial charge in [0.1, 0.15) is 5.82 Å². The number of aliphatic imine (C=N–C) groups is 1. The van der Waals surface area contributed by atoms with Crippen molar-refractivity contribution in [1.29, 1.82) is 0 Å². The highest BCUT2D eigenvalue weighted by Gasteiger charge is 2.09. The van der Waals surface area contributed by atoms with Crippen LogP contribution in [0.25, 0.3) is 16.5 Å². The maximum absolute atomic E-state index is 6.00. The number of allylic oxidation sites excluding steroid dienone is 1. The second-order valence-electron chi connectivity index (χ2n) is 6.06. The highest BCUT2D eigenvalue weighted by atomic mass is 15.4. The van der Waals surface area contributed by atoms with Crippen LogP contribution >= 0.6 is 0 Å². The van der Waals surface area contributed by atoms with Crippen molar-refractivity contribution in [2.24, 2.45) is 4.99 Å². The minimum atomic E-state index is 0.500. The first kappa shape index (κ1) is 15.3. The fourth-order valence-electron chi connectivity index (χ4n) is 2.94. The van der Waals surface area contributed by atoms with E-state index in [0.717, 1.165) is 47.5 Å². The molecule has 1 aliphatic rings. The molecule has 0 fully saturated rings. The number of aromatic nitrogens is 4. The quantitative estimate of drug-likeness (QED) is 0.747. The normalized spacial score (nSPS) is 13.4. The van der Waals surface area contributed by atoms with Crippen molar-refractivity contribution in [1.82, 2.24) is 20.0 Å². The highest BCUT2D eigenvalue weighted by molar-refractivity contribution is 5.96. The molecule has 1 aliphatic heterocycles. The summed E-state index contributed by atoms with van der Waals surface area (Å²) in [6.07, 6.45) is 5.79. The van der Waals surface area contributed by atoms with Crippen molar-refractivity contribution in [2.75, 3.05) is 24.1 Å². The topological polar surface area (TPSA) is 94.0 Å². The summed E-state index contributed by atoms with van der Waals surface area (Å²) >= 11 is 0. The average molecular weight is 333 g/mol. The molecule has 0 unspecified atom stereocenters. The zero-order chi connectivity index (χ0) is 17.2. The molecule has 0 radical (unpaired) electrons. The molecular formula is C18H19N7. The van der Waals surface area contributed by atoms with Crippen LogP contribution < -0.4 is 11.1 Å². The molecule has 1 aromatic carbocycles. The van der Waals surface area contributed by atoms with E-state index in [-0.39, 0.29) is 0 Å². The minimum Gasteiger partial charge on any atom is -0.384 e. The van der Waals surface area contributed by atoms with E-state index in [9.17, 15) is 0 Å². The van der Waals surface area contributed by atoms with E-state index in [4.69, 9.17) is 5.73 Å². The van der Waals surface area contributed by atoms with Crippen molar-refractivity contribution < 1.29 is 0 Å². The van der Waals surface area contributed by atoms with Gasteiger partial charge in [0, 0.05) is 36.1 Å². The van der Waals surface area contributed by atoms with Gasteiger partial charge >= 0.3 is 0 Å². The first-order valence-electron chi connectivity index (χ1n) is 8.19. The summed E-state index contributed by atoms with van der Waals surface area (Å²) in [5, 5.41) is 12.5. The van der Waals surface area contributed by atoms with Crippen LogP contribution in [0.1, 0.15) is 11.3 Å². The van der Waals surface area contributed by atoms with Crippen LogP contribution in [0, 0.1) is 6.92 Å². The zero-order valence-corrected chi connectivity index (χ0v) is 14.0. The standard InChI is InChI=1S/C18H19N7/c1-12-11-25(24-23-12)7-6-21-16-9-18(19)22-17-8-13(2-3-15(16)17)14-4-5-20-10-14/h2-5,8-9,11H,6-7,10H2,1H3,(H3,19,21,22). The molecule has 126 valence electrons. The van der Waals surface area contributed by atoms with Crippen LogP contribution in [0.15, 0.2) is 41.5 Å². The van der Waals surface area contributed by atoms with Gasteiger partial charge in [0.15, 0.2) is 0 Å². The first-order chi connectivity index (χ1) is 12.2. The van der Waals surface area contributed by atoms with Gasteiger partial charge in [-0.3, -0.25) is 9.67 Å². The van der Waals surface area contributed by atoms with Crippen LogP contribution in [0.4, 0.5) is 11.5 Å². The van der Waals surface area contributed by atoms with Gasteiger partial charge in [-0.05, 0) is 30.2 Å². The van der Waals surface area contributed by atoms with E-state index in [1.165, 1.54) is 5.57 Å². The van der Waals surface area contributed by atoms with Crippen LogP contribution in [0.5, 0.6) is 0 Å². The number of pyridine rings is 1. The van der Waals surface area contributed by atoms with Crippen LogP contribution in [0.2, 0.25) is 0 Å². The Morgan fingerprint density at radius 2 is 2.20 bits per heavy atom. The van der Waals surface area contributed by atoms with E-state index >= 15 is 0 Å². The Bertz CT molecular complexity index is 984. The summed E-state index contributed by atoms with van der Waals surface area (Å²) in [6, 6.07) is 8.12. The molecule has 0 aliphatic carbocycles. The molecule has 7 heteroatoms. The van der Waals surface area contributed by atoms with E-state index in [1.807, 2.05) is 36.2 Å². The van der Waals surface area contributed by atoms with Crippen LogP contribution in [-0.4, -0.2) is 39.3 Å². The molecule has 0 spiro atoms. The van der Waals surface area contributed by atoms with Gasteiger partial charge in [-0.15, -0.1) is 5.10 Å². The number of aryl methyl sites for hydroxylation is 1. The molecule has 4 rings (SSSR count). The third kappa shape index (κ3) is 3.21. The predicted octanol–water partition coefficient (Wildman–Crippen LogP) is 2.30. The Hall–Kier alpha value is -3.22. The fourth-order valence-corrected chi connectivity index (χ4v) is 2.94. The lowest BCUT2D eigenvalue weighted by atomic mass is 10.0. The van der Waals surface area contributed by atoms with Gasteiger partial charge in [-0.1, -0.05) is 17.3 Å². The number of rotatable bonds is 5. The van der Waals surface area contributed by atoms with E-state index < -0.39 is 0 Å². The summed E-state index contributed by atoms with van der Waals surface area (Å²) in [6.45, 7) is 4.10. The molecule has 3 aromatic rings. The summed E-state index contributed by atoms with van der Waals surface area (Å²) < 4.78 is 1.82. The smallest absolute Gasteiger partial charge is 0.126 e. The highest BCUT2D eigenvalue weighted by Crippen LogP contribution is 2.28. The summed E-state index contributed by atoms with van der Waals surface area (Å²) in [5.41, 5.74) is 11.1. The number of hydrogen-bond donors (Lipinski definition) is 2. The molecule has 7 nitrogen and oxygen atoms in total. The van der Waals surface area contributed by atoms with Crippen molar-refractivity contribution in [3.05, 3.63) is 47.8 Å². The largest absolute Gasteiger partial charge is 0.384 e. The van der Waals surface area contributed by atoms with E-state index in [1.54, 1.807) is 0 Å². The van der Waals surface area contributed by atoms with Crippen molar-refractivity contribution >= 4 is 34.2 Å². The maximum Gasteiger partial charge on any atom is 0.126 e. The second kappa shape index (κ2) is 6.35. The van der Waals surface area contributed by atoms with Gasteiger partial charge in [-0.2, -0.15) is 0 Å². The van der Waals surface area contributed by atoms with Gasteiger partial charge in [0.25, 0.3) is 0 Å². The Balaban J connectivity index is 1.57. The summed E-state index contributed by atoms with van der Waals surface area (Å²) in [5.74, 6) is 0.500. The van der Waals surface area contributed by atoms with Crippen LogP contribution in [-0.2, 0) is 6.54 Å². The predicted molar refractivity (Wildman–Crippen MR) is 101 cm³/mol. The molecule has 3 heterocycles. The zero-order valence-electron chi connectivity index (χ0n) is 14.0. The van der Waals surface area contributed by atoms with Gasteiger partial charge in [-0.25, -0.2) is 4.98 Å². The third-order valence-corrected chi connectivity index (χ3v) is 4.15. The summed E-state index contributed by atoms with van der Waals surface area (Å²) in [4.78, 5) is 8.72. The number of nitrogens with two attached hydrogens (primary N) is 1. The molecule has 2 aromatic heterocycles. The number of nitrogen functional groups attached to an aromatic ring is 1. The molecule has 0 atom stereocenters. The lowest BCUT2D eigenvalue weighted by Gasteiger charge is -2.12. The molecule has 0 saturated heterocycles. The number of benzene rings is 1. The Morgan fingerprint density at radius 3 is 2.96 bits per heavy atom. The number of hydrogen-bond acceptors (Lipinski definition) is 6. The van der Waals surface area contributed by atoms with Crippen LogP contribution in [0.3, 0.4) is 0 Å². The second-order valence-corrected chi connectivity index (χ2v) is 6.06. The van der Waals surface area contributed by atoms with E-state index in [0.29, 0.717) is 5.82 Å². The summed E-state index contributed by atoms with van der Waals surface area (Å²) in [7, 11) is 0. The minimum absolute atomic E-state index is 0.500.